The van der Waals surface area contributed by atoms with E-state index in [2.05, 4.69) is 34.7 Å². The summed E-state index contributed by atoms with van der Waals surface area (Å²) in [6.45, 7) is 2.44. The van der Waals surface area contributed by atoms with Gasteiger partial charge in [-0.05, 0) is 36.2 Å². The van der Waals surface area contributed by atoms with Crippen molar-refractivity contribution in [1.29, 1.82) is 0 Å². The van der Waals surface area contributed by atoms with Crippen molar-refractivity contribution in [1.82, 2.24) is 10.3 Å². The molecule has 2 aromatic carbocycles. The second-order valence-electron chi connectivity index (χ2n) is 5.98. The minimum Gasteiger partial charge on any atom is -0.378 e. The molecule has 132 valence electrons. The van der Waals surface area contributed by atoms with E-state index in [1.807, 2.05) is 42.5 Å². The molecule has 1 heterocycles. The first-order chi connectivity index (χ1) is 12.6. The summed E-state index contributed by atoms with van der Waals surface area (Å²) in [5.74, 6) is -0.235. The van der Waals surface area contributed by atoms with Crippen molar-refractivity contribution in [3.05, 3.63) is 94.8 Å². The number of hydrogen-bond donors (Lipinski definition) is 2. The first-order valence-electron chi connectivity index (χ1n) is 8.42. The molecule has 0 bridgehead atoms. The third-order valence-corrected chi connectivity index (χ3v) is 4.44. The third-order valence-electron chi connectivity index (χ3n) is 4.07. The van der Waals surface area contributed by atoms with E-state index in [4.69, 9.17) is 11.6 Å². The molecule has 1 amide bonds. The molecule has 3 rings (SSSR count). The average Bonchev–Trinajstić information content (AvgIpc) is 2.68. The van der Waals surface area contributed by atoms with Gasteiger partial charge in [0.1, 0.15) is 5.69 Å². The Labute approximate surface area is 158 Å². The first kappa shape index (κ1) is 18.0. The Morgan fingerprint density at radius 2 is 1.81 bits per heavy atom. The van der Waals surface area contributed by atoms with E-state index in [1.54, 1.807) is 18.3 Å². The largest absolute Gasteiger partial charge is 0.378 e. The van der Waals surface area contributed by atoms with Gasteiger partial charge in [-0.1, -0.05) is 60.1 Å². The van der Waals surface area contributed by atoms with Crippen LogP contribution in [-0.2, 0) is 6.54 Å². The molecular weight excluding hydrogens is 346 g/mol. The van der Waals surface area contributed by atoms with Crippen molar-refractivity contribution in [2.24, 2.45) is 0 Å². The molecule has 4 nitrogen and oxygen atoms in total. The predicted molar refractivity (Wildman–Crippen MR) is 105 cm³/mol. The van der Waals surface area contributed by atoms with Crippen LogP contribution in [0.1, 0.15) is 34.6 Å². The summed E-state index contributed by atoms with van der Waals surface area (Å²) in [5, 5.41) is 6.88. The van der Waals surface area contributed by atoms with Crippen LogP contribution < -0.4 is 10.6 Å². The van der Waals surface area contributed by atoms with Crippen molar-refractivity contribution in [3.8, 4) is 0 Å². The number of carbonyl (C=O) groups is 1. The van der Waals surface area contributed by atoms with Gasteiger partial charge in [-0.2, -0.15) is 0 Å². The molecule has 0 aliphatic heterocycles. The Hall–Kier alpha value is -2.85. The van der Waals surface area contributed by atoms with Gasteiger partial charge in [-0.3, -0.25) is 9.78 Å². The Balaban J connectivity index is 1.65. The van der Waals surface area contributed by atoms with Crippen LogP contribution in [0.25, 0.3) is 0 Å². The van der Waals surface area contributed by atoms with Gasteiger partial charge in [0.05, 0.1) is 0 Å². The zero-order valence-corrected chi connectivity index (χ0v) is 15.2. The number of halogens is 1. The van der Waals surface area contributed by atoms with E-state index >= 15 is 0 Å². The normalized spacial score (nSPS) is 11.6. The lowest BCUT2D eigenvalue weighted by atomic mass is 10.1. The van der Waals surface area contributed by atoms with E-state index in [0.717, 1.165) is 11.3 Å². The molecule has 26 heavy (non-hydrogen) atoms. The maximum atomic E-state index is 12.4. The van der Waals surface area contributed by atoms with Crippen LogP contribution in [0.5, 0.6) is 0 Å². The third kappa shape index (κ3) is 4.61. The number of nitrogens with one attached hydrogen (secondary N) is 2. The van der Waals surface area contributed by atoms with E-state index < -0.39 is 0 Å². The lowest BCUT2D eigenvalue weighted by Crippen LogP contribution is -2.24. The van der Waals surface area contributed by atoms with Gasteiger partial charge < -0.3 is 10.6 Å². The topological polar surface area (TPSA) is 54.0 Å². The molecule has 0 aliphatic rings. The number of nitrogens with zero attached hydrogens (tertiary/aromatic N) is 1. The standard InChI is InChI=1S/C21H20ClN3O/c1-15(16-7-3-2-4-8-16)25-18-11-12-23-20(13-18)21(26)24-14-17-9-5-6-10-19(17)22/h2-13,15H,14H2,1H3,(H,23,25)(H,24,26). The molecule has 1 unspecified atom stereocenters. The lowest BCUT2D eigenvalue weighted by Gasteiger charge is -2.16. The quantitative estimate of drug-likeness (QED) is 0.657. The van der Waals surface area contributed by atoms with Gasteiger partial charge >= 0.3 is 0 Å². The molecule has 0 saturated carbocycles. The molecule has 1 atom stereocenters. The van der Waals surface area contributed by atoms with Gasteiger partial charge in [0, 0.05) is 29.5 Å². The second-order valence-corrected chi connectivity index (χ2v) is 6.39. The Bertz CT molecular complexity index is 883. The van der Waals surface area contributed by atoms with Crippen LogP contribution in [0.2, 0.25) is 5.02 Å². The van der Waals surface area contributed by atoms with Crippen LogP contribution in [0.15, 0.2) is 72.9 Å². The Morgan fingerprint density at radius 1 is 1.08 bits per heavy atom. The van der Waals surface area contributed by atoms with Gasteiger partial charge in [-0.25, -0.2) is 0 Å². The summed E-state index contributed by atoms with van der Waals surface area (Å²) in [6, 6.07) is 21.3. The highest BCUT2D eigenvalue weighted by atomic mass is 35.5. The fraction of sp³-hybridized carbons (Fsp3) is 0.143. The van der Waals surface area contributed by atoms with Crippen LogP contribution in [-0.4, -0.2) is 10.9 Å². The highest BCUT2D eigenvalue weighted by Crippen LogP contribution is 2.19. The molecule has 0 aliphatic carbocycles. The summed E-state index contributed by atoms with van der Waals surface area (Å²) >= 11 is 6.12. The van der Waals surface area contributed by atoms with Gasteiger partial charge in [-0.15, -0.1) is 0 Å². The number of pyridine rings is 1. The van der Waals surface area contributed by atoms with Crippen LogP contribution in [0.4, 0.5) is 5.69 Å². The van der Waals surface area contributed by atoms with Crippen LogP contribution in [0.3, 0.4) is 0 Å². The van der Waals surface area contributed by atoms with Gasteiger partial charge in [0.15, 0.2) is 0 Å². The van der Waals surface area contributed by atoms with Crippen LogP contribution >= 0.6 is 11.6 Å². The zero-order valence-electron chi connectivity index (χ0n) is 14.4. The number of amides is 1. The lowest BCUT2D eigenvalue weighted by molar-refractivity contribution is 0.0946. The minimum absolute atomic E-state index is 0.123. The molecule has 0 radical (unpaired) electrons. The van der Waals surface area contributed by atoms with Crippen LogP contribution in [0, 0.1) is 0 Å². The molecule has 0 fully saturated rings. The smallest absolute Gasteiger partial charge is 0.270 e. The van der Waals surface area contributed by atoms with E-state index in [0.29, 0.717) is 17.3 Å². The first-order valence-corrected chi connectivity index (χ1v) is 8.80. The number of rotatable bonds is 6. The average molecular weight is 366 g/mol. The Morgan fingerprint density at radius 3 is 2.58 bits per heavy atom. The van der Waals surface area contributed by atoms with Gasteiger partial charge in [0.2, 0.25) is 0 Å². The summed E-state index contributed by atoms with van der Waals surface area (Å²) in [5.41, 5.74) is 3.25. The fourth-order valence-electron chi connectivity index (χ4n) is 2.63. The van der Waals surface area contributed by atoms with E-state index in [1.165, 1.54) is 5.56 Å². The van der Waals surface area contributed by atoms with Crippen molar-refractivity contribution in [2.75, 3.05) is 5.32 Å². The molecule has 2 N–H and O–H groups in total. The highest BCUT2D eigenvalue weighted by Gasteiger charge is 2.10. The SMILES string of the molecule is CC(Nc1ccnc(C(=O)NCc2ccccc2Cl)c1)c1ccccc1. The minimum atomic E-state index is -0.235. The zero-order chi connectivity index (χ0) is 18.4. The van der Waals surface area contributed by atoms with Crippen molar-refractivity contribution in [2.45, 2.75) is 19.5 Å². The molecule has 0 spiro atoms. The number of benzene rings is 2. The molecule has 5 heteroatoms. The monoisotopic (exact) mass is 365 g/mol. The van der Waals surface area contributed by atoms with Gasteiger partial charge in [0.25, 0.3) is 5.91 Å². The van der Waals surface area contributed by atoms with Crippen molar-refractivity contribution >= 4 is 23.2 Å². The van der Waals surface area contributed by atoms with Crippen molar-refractivity contribution in [3.63, 3.8) is 0 Å². The van der Waals surface area contributed by atoms with E-state index in [9.17, 15) is 4.79 Å². The summed E-state index contributed by atoms with van der Waals surface area (Å²) in [6.07, 6.45) is 1.63. The number of carbonyl (C=O) groups excluding carboxylic acids is 1. The maximum Gasteiger partial charge on any atom is 0.270 e. The molecular formula is C21H20ClN3O. The number of anilines is 1. The van der Waals surface area contributed by atoms with Crippen molar-refractivity contribution < 1.29 is 4.79 Å². The molecule has 0 saturated heterocycles. The fourth-order valence-corrected chi connectivity index (χ4v) is 2.83. The summed E-state index contributed by atoms with van der Waals surface area (Å²) in [7, 11) is 0. The summed E-state index contributed by atoms with van der Waals surface area (Å²) in [4.78, 5) is 16.6. The summed E-state index contributed by atoms with van der Waals surface area (Å²) < 4.78 is 0. The number of hydrogen-bond acceptors (Lipinski definition) is 3. The van der Waals surface area contributed by atoms with E-state index in [-0.39, 0.29) is 11.9 Å². The molecule has 3 aromatic rings. The number of aromatic nitrogens is 1. The highest BCUT2D eigenvalue weighted by molar-refractivity contribution is 6.31. The Kier molecular flexibility index (Phi) is 5.87. The maximum absolute atomic E-state index is 12.4. The molecule has 1 aromatic heterocycles. The predicted octanol–water partition coefficient (Wildman–Crippen LogP) is 4.84. The second kappa shape index (κ2) is 8.50.